The van der Waals surface area contributed by atoms with Crippen LogP contribution in [0.15, 0.2) is 48.5 Å². The van der Waals surface area contributed by atoms with Crippen molar-refractivity contribution in [3.63, 3.8) is 0 Å². The minimum absolute atomic E-state index is 0.103. The fourth-order valence-electron chi connectivity index (χ4n) is 2.85. The Bertz CT molecular complexity index is 824. The van der Waals surface area contributed by atoms with Crippen LogP contribution in [0, 0.1) is 0 Å². The number of hydrogen-bond acceptors (Lipinski definition) is 5. The lowest BCUT2D eigenvalue weighted by molar-refractivity contribution is 0.283. The molecule has 4 N–H and O–H groups in total. The second-order valence-corrected chi connectivity index (χ2v) is 7.49. The smallest absolute Gasteiger partial charge is 0.427 e. The molecule has 0 aliphatic rings. The van der Waals surface area contributed by atoms with E-state index in [0.717, 1.165) is 35.1 Å². The molecule has 7 nitrogen and oxygen atoms in total. The first-order chi connectivity index (χ1) is 12.7. The first-order valence-electron chi connectivity index (χ1n) is 8.27. The first kappa shape index (κ1) is 21.6. The fraction of sp³-hybridized carbons (Fsp3) is 0.222. The fourth-order valence-corrected chi connectivity index (χ4v) is 3.56. The Hall–Kier alpha value is -1.72. The van der Waals surface area contributed by atoms with Crippen molar-refractivity contribution in [1.29, 1.82) is 0 Å². The van der Waals surface area contributed by atoms with Gasteiger partial charge in [0.05, 0.1) is 0 Å². The molecule has 0 saturated heterocycles. The van der Waals surface area contributed by atoms with Crippen molar-refractivity contribution < 1.29 is 33.2 Å². The monoisotopic (exact) mass is 412 g/mol. The van der Waals surface area contributed by atoms with E-state index in [2.05, 4.69) is 4.52 Å². The van der Waals surface area contributed by atoms with Crippen LogP contribution >= 0.6 is 16.4 Å². The van der Waals surface area contributed by atoms with Crippen LogP contribution in [0.25, 0.3) is 11.1 Å². The summed E-state index contributed by atoms with van der Waals surface area (Å²) in [6.07, 6.45) is 1.54. The first-order valence-corrected chi connectivity index (χ1v) is 11.0. The van der Waals surface area contributed by atoms with Gasteiger partial charge in [0.1, 0.15) is 11.5 Å². The summed E-state index contributed by atoms with van der Waals surface area (Å²) < 4.78 is 20.4. The van der Waals surface area contributed by atoms with E-state index >= 15 is 0 Å². The second-order valence-electron chi connectivity index (χ2n) is 5.64. The molecule has 0 fully saturated rings. The van der Waals surface area contributed by atoms with Crippen LogP contribution in [0.1, 0.15) is 37.8 Å². The van der Waals surface area contributed by atoms with Gasteiger partial charge in [0, 0.05) is 0 Å². The van der Waals surface area contributed by atoms with Crippen molar-refractivity contribution in [2.24, 2.45) is 0 Å². The van der Waals surface area contributed by atoms with E-state index in [9.17, 15) is 4.57 Å². The van der Waals surface area contributed by atoms with E-state index in [1.54, 1.807) is 24.3 Å². The third-order valence-corrected chi connectivity index (χ3v) is 4.71. The van der Waals surface area contributed by atoms with Crippen LogP contribution < -0.4 is 9.05 Å². The zero-order chi connectivity index (χ0) is 20.0. The highest BCUT2D eigenvalue weighted by Crippen LogP contribution is 2.39. The van der Waals surface area contributed by atoms with E-state index in [1.165, 1.54) is 12.1 Å². The molecule has 0 aromatic heterocycles. The third-order valence-electron chi connectivity index (χ3n) is 3.89. The van der Waals surface area contributed by atoms with Crippen LogP contribution in [0.5, 0.6) is 11.5 Å². The van der Waals surface area contributed by atoms with Gasteiger partial charge in [0.25, 0.3) is 0 Å². The number of benzene rings is 2. The van der Waals surface area contributed by atoms with Gasteiger partial charge in [-0.05, 0) is 59.4 Å². The Labute approximate surface area is 159 Å². The zero-order valence-electron chi connectivity index (χ0n) is 14.9. The molecule has 146 valence electrons. The lowest BCUT2D eigenvalue weighted by Crippen LogP contribution is -1.94. The molecule has 2 rings (SSSR count). The SMILES string of the molecule is CC/C(=C(/CC)c1ccc(OP(=O)(O)O)cc1)c1ccc(OP(O)O)cc1. The number of phosphoric acid groups is 1. The molecule has 0 aliphatic heterocycles. The molecule has 2 aromatic carbocycles. The number of rotatable bonds is 8. The van der Waals surface area contributed by atoms with E-state index < -0.39 is 16.4 Å². The van der Waals surface area contributed by atoms with Crippen LogP contribution in [0.4, 0.5) is 0 Å². The average molecular weight is 412 g/mol. The van der Waals surface area contributed by atoms with E-state index in [4.69, 9.17) is 24.1 Å². The molecule has 0 bridgehead atoms. The number of phosphoric ester groups is 1. The molecule has 0 unspecified atom stereocenters. The lowest BCUT2D eigenvalue weighted by Gasteiger charge is -2.15. The van der Waals surface area contributed by atoms with Crippen LogP contribution in [-0.2, 0) is 4.57 Å². The summed E-state index contributed by atoms with van der Waals surface area (Å²) in [5, 5.41) is 0. The normalized spacial score (nSPS) is 12.7. The Morgan fingerprint density at radius 3 is 1.59 bits per heavy atom. The van der Waals surface area contributed by atoms with Gasteiger partial charge in [-0.15, -0.1) is 0 Å². The highest BCUT2D eigenvalue weighted by Gasteiger charge is 2.16. The van der Waals surface area contributed by atoms with Crippen LogP contribution in [-0.4, -0.2) is 19.6 Å². The highest BCUT2D eigenvalue weighted by molar-refractivity contribution is 7.46. The molecule has 0 aliphatic carbocycles. The van der Waals surface area contributed by atoms with Gasteiger partial charge in [-0.2, -0.15) is 0 Å². The maximum atomic E-state index is 10.9. The molecule has 0 radical (unpaired) electrons. The summed E-state index contributed by atoms with van der Waals surface area (Å²) in [6, 6.07) is 13.7. The summed E-state index contributed by atoms with van der Waals surface area (Å²) in [6.45, 7) is 4.08. The summed E-state index contributed by atoms with van der Waals surface area (Å²) >= 11 is 0. The van der Waals surface area contributed by atoms with Crippen molar-refractivity contribution in [2.75, 3.05) is 0 Å². The Morgan fingerprint density at radius 2 is 1.26 bits per heavy atom. The standard InChI is InChI=1S/C18H22O7P2/c1-3-17(13-5-9-15(10-6-13)24-26(19)20)18(4-2)14-7-11-16(12-8-14)25-27(21,22)23/h5-12,19-20H,3-4H2,1-2H3,(H2,21,22,23)/b18-17+. The van der Waals surface area contributed by atoms with E-state index in [0.29, 0.717) is 5.75 Å². The molecule has 0 amide bonds. The van der Waals surface area contributed by atoms with Crippen molar-refractivity contribution in [3.05, 3.63) is 59.7 Å². The van der Waals surface area contributed by atoms with Crippen LogP contribution in [0.2, 0.25) is 0 Å². The summed E-state index contributed by atoms with van der Waals surface area (Å²) in [4.78, 5) is 35.6. The minimum atomic E-state index is -4.58. The second kappa shape index (κ2) is 9.47. The molecular formula is C18H22O7P2. The largest absolute Gasteiger partial charge is 0.524 e. The summed E-state index contributed by atoms with van der Waals surface area (Å²) in [5.41, 5.74) is 4.13. The number of hydrogen-bond donors (Lipinski definition) is 4. The van der Waals surface area contributed by atoms with E-state index in [1.807, 2.05) is 26.0 Å². The van der Waals surface area contributed by atoms with Gasteiger partial charge in [-0.25, -0.2) is 4.57 Å². The summed E-state index contributed by atoms with van der Waals surface area (Å²) in [7, 11) is -7.03. The van der Waals surface area contributed by atoms with Gasteiger partial charge in [0.2, 0.25) is 0 Å². The Kier molecular flexibility index (Phi) is 7.57. The predicted molar refractivity (Wildman–Crippen MR) is 105 cm³/mol. The highest BCUT2D eigenvalue weighted by atomic mass is 31.2. The summed E-state index contributed by atoms with van der Waals surface area (Å²) in [5.74, 6) is 0.480. The van der Waals surface area contributed by atoms with E-state index in [-0.39, 0.29) is 5.75 Å². The van der Waals surface area contributed by atoms with Gasteiger partial charge >= 0.3 is 16.4 Å². The molecule has 0 heterocycles. The van der Waals surface area contributed by atoms with Gasteiger partial charge in [-0.3, -0.25) is 9.79 Å². The zero-order valence-corrected chi connectivity index (χ0v) is 16.7. The Morgan fingerprint density at radius 1 is 0.852 bits per heavy atom. The molecule has 0 spiro atoms. The number of allylic oxidation sites excluding steroid dienone is 2. The van der Waals surface area contributed by atoms with Crippen molar-refractivity contribution in [1.82, 2.24) is 0 Å². The van der Waals surface area contributed by atoms with Gasteiger partial charge < -0.3 is 18.8 Å². The molecule has 9 heteroatoms. The predicted octanol–water partition coefficient (Wildman–Crippen LogP) is 4.48. The third kappa shape index (κ3) is 6.43. The molecule has 27 heavy (non-hydrogen) atoms. The van der Waals surface area contributed by atoms with Gasteiger partial charge in [0.15, 0.2) is 0 Å². The maximum Gasteiger partial charge on any atom is 0.524 e. The quantitative estimate of drug-likeness (QED) is 0.373. The lowest BCUT2D eigenvalue weighted by atomic mass is 9.91. The molecule has 0 atom stereocenters. The van der Waals surface area contributed by atoms with Crippen LogP contribution in [0.3, 0.4) is 0 Å². The minimum Gasteiger partial charge on any atom is -0.427 e. The maximum absolute atomic E-state index is 10.9. The van der Waals surface area contributed by atoms with Crippen molar-refractivity contribution in [3.8, 4) is 11.5 Å². The van der Waals surface area contributed by atoms with Gasteiger partial charge in [-0.1, -0.05) is 38.1 Å². The molecular weight excluding hydrogens is 390 g/mol. The molecule has 2 aromatic rings. The van der Waals surface area contributed by atoms with Crippen molar-refractivity contribution in [2.45, 2.75) is 26.7 Å². The average Bonchev–Trinajstić information content (AvgIpc) is 2.59. The topological polar surface area (TPSA) is 116 Å². The Balaban J connectivity index is 2.35. The molecule has 0 saturated carbocycles. The van der Waals surface area contributed by atoms with Crippen molar-refractivity contribution >= 4 is 27.6 Å².